The molecule has 0 bridgehead atoms. The van der Waals surface area contributed by atoms with Gasteiger partial charge in [0.25, 0.3) is 5.91 Å². The molecule has 27 heavy (non-hydrogen) atoms. The van der Waals surface area contributed by atoms with Gasteiger partial charge in [0.1, 0.15) is 0 Å². The minimum atomic E-state index is -0.248. The highest BCUT2D eigenvalue weighted by molar-refractivity contribution is 7.22. The van der Waals surface area contributed by atoms with Crippen LogP contribution in [0.3, 0.4) is 0 Å². The molecule has 8 heteroatoms. The number of hydrogen-bond acceptors (Lipinski definition) is 4. The number of amides is 3. The Bertz CT molecular complexity index is 1030. The summed E-state index contributed by atoms with van der Waals surface area (Å²) in [7, 11) is 0. The first-order valence-electron chi connectivity index (χ1n) is 8.54. The predicted molar refractivity (Wildman–Crippen MR) is 109 cm³/mol. The van der Waals surface area contributed by atoms with Gasteiger partial charge in [-0.3, -0.25) is 10.1 Å². The average molecular weight is 401 g/mol. The molecule has 3 amide bonds. The first-order chi connectivity index (χ1) is 13.0. The van der Waals surface area contributed by atoms with Gasteiger partial charge < -0.3 is 10.6 Å². The Kier molecular flexibility index (Phi) is 4.72. The van der Waals surface area contributed by atoms with E-state index in [-0.39, 0.29) is 18.0 Å². The van der Waals surface area contributed by atoms with Gasteiger partial charge in [-0.1, -0.05) is 35.1 Å². The lowest BCUT2D eigenvalue weighted by molar-refractivity contribution is 0.102. The summed E-state index contributed by atoms with van der Waals surface area (Å²) in [6.45, 7) is 1.89. The van der Waals surface area contributed by atoms with Crippen molar-refractivity contribution >= 4 is 55.9 Å². The van der Waals surface area contributed by atoms with Crippen LogP contribution in [-0.2, 0) is 0 Å². The average Bonchev–Trinajstić information content (AvgIpc) is 3.34. The van der Waals surface area contributed by atoms with Crippen molar-refractivity contribution in [2.75, 3.05) is 10.6 Å². The van der Waals surface area contributed by atoms with Crippen molar-refractivity contribution in [2.24, 2.45) is 0 Å². The molecule has 1 heterocycles. The number of nitrogens with one attached hydrogen (secondary N) is 3. The second-order valence-corrected chi connectivity index (χ2v) is 7.90. The van der Waals surface area contributed by atoms with Crippen LogP contribution in [-0.4, -0.2) is 23.0 Å². The van der Waals surface area contributed by atoms with Gasteiger partial charge in [-0.05, 0) is 49.6 Å². The third-order valence-corrected chi connectivity index (χ3v) is 5.49. The molecule has 6 nitrogen and oxygen atoms in total. The first-order valence-corrected chi connectivity index (χ1v) is 9.73. The fourth-order valence-corrected chi connectivity index (χ4v) is 3.81. The molecule has 0 aliphatic heterocycles. The number of hydrogen-bond donors (Lipinski definition) is 3. The molecule has 138 valence electrons. The van der Waals surface area contributed by atoms with Gasteiger partial charge in [-0.25, -0.2) is 9.78 Å². The molecular weight excluding hydrogens is 384 g/mol. The second-order valence-electron chi connectivity index (χ2n) is 6.46. The molecule has 1 aliphatic rings. The van der Waals surface area contributed by atoms with Crippen LogP contribution >= 0.6 is 22.9 Å². The SMILES string of the molecule is Cc1cccc(Cl)c1NC(=O)c1ccc2nc(NC(=O)NC3CC3)sc2c1. The number of thiazole rings is 1. The lowest BCUT2D eigenvalue weighted by Crippen LogP contribution is -2.30. The third-order valence-electron chi connectivity index (χ3n) is 4.24. The highest BCUT2D eigenvalue weighted by Gasteiger charge is 2.23. The number of carbonyl (C=O) groups is 2. The Balaban J connectivity index is 1.52. The van der Waals surface area contributed by atoms with Gasteiger partial charge >= 0.3 is 6.03 Å². The van der Waals surface area contributed by atoms with Crippen LogP contribution < -0.4 is 16.0 Å². The minimum Gasteiger partial charge on any atom is -0.335 e. The highest BCUT2D eigenvalue weighted by Crippen LogP contribution is 2.29. The third kappa shape index (κ3) is 4.04. The van der Waals surface area contributed by atoms with Gasteiger partial charge in [0, 0.05) is 11.6 Å². The number of rotatable bonds is 4. The summed E-state index contributed by atoms with van der Waals surface area (Å²) < 4.78 is 0.820. The maximum Gasteiger partial charge on any atom is 0.321 e. The van der Waals surface area contributed by atoms with Gasteiger partial charge in [0.15, 0.2) is 5.13 Å². The zero-order chi connectivity index (χ0) is 19.0. The van der Waals surface area contributed by atoms with Crippen molar-refractivity contribution in [3.63, 3.8) is 0 Å². The lowest BCUT2D eigenvalue weighted by Gasteiger charge is -2.10. The van der Waals surface area contributed by atoms with Crippen LogP contribution in [0.2, 0.25) is 5.02 Å². The number of benzene rings is 2. The van der Waals surface area contributed by atoms with Crippen LogP contribution in [0.15, 0.2) is 36.4 Å². The molecule has 1 fully saturated rings. The number of fused-ring (bicyclic) bond motifs is 1. The number of urea groups is 1. The predicted octanol–water partition coefficient (Wildman–Crippen LogP) is 4.79. The van der Waals surface area contributed by atoms with Gasteiger partial charge in [0.05, 0.1) is 20.9 Å². The van der Waals surface area contributed by atoms with Gasteiger partial charge in [-0.2, -0.15) is 0 Å². The maximum absolute atomic E-state index is 12.6. The van der Waals surface area contributed by atoms with Crippen LogP contribution in [0.25, 0.3) is 10.2 Å². The molecule has 0 radical (unpaired) electrons. The second kappa shape index (κ2) is 7.17. The molecule has 3 N–H and O–H groups in total. The summed E-state index contributed by atoms with van der Waals surface area (Å²) in [6.07, 6.45) is 2.05. The largest absolute Gasteiger partial charge is 0.335 e. The van der Waals surface area contributed by atoms with Crippen molar-refractivity contribution in [2.45, 2.75) is 25.8 Å². The van der Waals surface area contributed by atoms with E-state index in [1.54, 1.807) is 24.3 Å². The molecule has 0 spiro atoms. The lowest BCUT2D eigenvalue weighted by atomic mass is 10.1. The van der Waals surface area contributed by atoms with E-state index in [9.17, 15) is 9.59 Å². The van der Waals surface area contributed by atoms with E-state index in [2.05, 4.69) is 20.9 Å². The Morgan fingerprint density at radius 1 is 1.19 bits per heavy atom. The fraction of sp³-hybridized carbons (Fsp3) is 0.211. The van der Waals surface area contributed by atoms with E-state index in [1.165, 1.54) is 11.3 Å². The summed E-state index contributed by atoms with van der Waals surface area (Å²) in [4.78, 5) is 28.8. The number of aryl methyl sites for hydroxylation is 1. The van der Waals surface area contributed by atoms with E-state index >= 15 is 0 Å². The van der Waals surface area contributed by atoms with Gasteiger partial charge in [0.2, 0.25) is 0 Å². The standard InChI is InChI=1S/C19H17ClN4O2S/c1-10-3-2-4-13(20)16(10)23-17(25)11-5-8-14-15(9-11)27-19(22-14)24-18(26)21-12-6-7-12/h2-5,8-9,12H,6-7H2,1H3,(H,23,25)(H2,21,22,24,26). The van der Waals surface area contributed by atoms with Crippen LogP contribution in [0.1, 0.15) is 28.8 Å². The van der Waals surface area contributed by atoms with E-state index in [4.69, 9.17) is 11.6 Å². The van der Waals surface area contributed by atoms with Gasteiger partial charge in [-0.15, -0.1) is 0 Å². The Morgan fingerprint density at radius 3 is 2.74 bits per heavy atom. The van der Waals surface area contributed by atoms with Crippen LogP contribution in [0.4, 0.5) is 15.6 Å². The van der Waals surface area contributed by atoms with E-state index in [1.807, 2.05) is 19.1 Å². The molecule has 0 saturated heterocycles. The molecular formula is C19H17ClN4O2S. The Labute approximate surface area is 164 Å². The Morgan fingerprint density at radius 2 is 2.00 bits per heavy atom. The number of anilines is 2. The molecule has 1 aliphatic carbocycles. The Hall–Kier alpha value is -2.64. The molecule has 3 aromatic rings. The highest BCUT2D eigenvalue weighted by atomic mass is 35.5. The molecule has 1 saturated carbocycles. The zero-order valence-corrected chi connectivity index (χ0v) is 16.1. The number of aromatic nitrogens is 1. The fourth-order valence-electron chi connectivity index (χ4n) is 2.64. The topological polar surface area (TPSA) is 83.1 Å². The number of halogens is 1. The summed E-state index contributed by atoms with van der Waals surface area (Å²) in [6, 6.07) is 10.7. The summed E-state index contributed by atoms with van der Waals surface area (Å²) in [5, 5.41) is 9.46. The molecule has 0 unspecified atom stereocenters. The van der Waals surface area contributed by atoms with Crippen molar-refractivity contribution in [3.05, 3.63) is 52.5 Å². The molecule has 1 aromatic heterocycles. The number of carbonyl (C=O) groups excluding carboxylic acids is 2. The molecule has 0 atom stereocenters. The van der Waals surface area contributed by atoms with Crippen LogP contribution in [0.5, 0.6) is 0 Å². The number of para-hydroxylation sites is 1. The van der Waals surface area contributed by atoms with Crippen LogP contribution in [0, 0.1) is 6.92 Å². The molecule has 2 aromatic carbocycles. The minimum absolute atomic E-state index is 0.247. The van der Waals surface area contributed by atoms with E-state index < -0.39 is 0 Å². The van der Waals surface area contributed by atoms with E-state index in [0.29, 0.717) is 21.4 Å². The summed E-state index contributed by atoms with van der Waals surface area (Å²) in [5.74, 6) is -0.248. The van der Waals surface area contributed by atoms with Crippen molar-refractivity contribution in [3.8, 4) is 0 Å². The van der Waals surface area contributed by atoms with Crippen molar-refractivity contribution in [1.29, 1.82) is 0 Å². The first kappa shape index (κ1) is 17.8. The quantitative estimate of drug-likeness (QED) is 0.588. The summed E-state index contributed by atoms with van der Waals surface area (Å²) >= 11 is 7.51. The normalized spacial score (nSPS) is 13.4. The van der Waals surface area contributed by atoms with Crippen molar-refractivity contribution in [1.82, 2.24) is 10.3 Å². The summed E-state index contributed by atoms with van der Waals surface area (Å²) in [5.41, 5.74) is 2.72. The monoisotopic (exact) mass is 400 g/mol. The number of nitrogens with zero attached hydrogens (tertiary/aromatic N) is 1. The zero-order valence-electron chi connectivity index (χ0n) is 14.5. The van der Waals surface area contributed by atoms with Crippen molar-refractivity contribution < 1.29 is 9.59 Å². The maximum atomic E-state index is 12.6. The van der Waals surface area contributed by atoms with E-state index in [0.717, 1.165) is 28.6 Å². The molecule has 4 rings (SSSR count). The smallest absolute Gasteiger partial charge is 0.321 e.